The van der Waals surface area contributed by atoms with Gasteiger partial charge in [-0.1, -0.05) is 24.3 Å². The molecule has 3 fully saturated rings. The average Bonchev–Trinajstić information content (AvgIpc) is 2.99. The van der Waals surface area contributed by atoms with E-state index in [2.05, 4.69) is 51.9 Å². The molecule has 1 atom stereocenters. The molecule has 2 bridgehead atoms. The molecular formula is C20H26N4S. The Kier molecular flexibility index (Phi) is 4.86. The van der Waals surface area contributed by atoms with Crippen LogP contribution in [0.5, 0.6) is 0 Å². The van der Waals surface area contributed by atoms with E-state index in [0.29, 0.717) is 0 Å². The summed E-state index contributed by atoms with van der Waals surface area (Å²) >= 11 is 5.65. The Bertz CT molecular complexity index is 740. The van der Waals surface area contributed by atoms with Crippen LogP contribution in [0.1, 0.15) is 44.3 Å². The van der Waals surface area contributed by atoms with Crippen LogP contribution in [0.3, 0.4) is 0 Å². The van der Waals surface area contributed by atoms with Crippen molar-refractivity contribution in [1.29, 1.82) is 0 Å². The molecule has 25 heavy (non-hydrogen) atoms. The van der Waals surface area contributed by atoms with E-state index in [0.717, 1.165) is 35.7 Å². The van der Waals surface area contributed by atoms with Crippen LogP contribution in [0.4, 0.5) is 0 Å². The van der Waals surface area contributed by atoms with E-state index in [1.54, 1.807) is 0 Å². The predicted octanol–water partition coefficient (Wildman–Crippen LogP) is 3.80. The Balaban J connectivity index is 1.37. The first-order valence-corrected chi connectivity index (χ1v) is 9.75. The molecule has 0 radical (unpaired) electrons. The van der Waals surface area contributed by atoms with Crippen molar-refractivity contribution < 1.29 is 0 Å². The highest BCUT2D eigenvalue weighted by Crippen LogP contribution is 2.33. The summed E-state index contributed by atoms with van der Waals surface area (Å²) in [7, 11) is 0. The lowest BCUT2D eigenvalue weighted by Crippen LogP contribution is -2.48. The smallest absolute Gasteiger partial charge is 0.183 e. The molecule has 2 aromatic rings. The third-order valence-electron chi connectivity index (χ3n) is 5.70. The third-order valence-corrected chi connectivity index (χ3v) is 6.06. The molecular weight excluding hydrogens is 328 g/mol. The van der Waals surface area contributed by atoms with Crippen molar-refractivity contribution in [2.75, 3.05) is 13.1 Å². The second-order valence-corrected chi connectivity index (χ2v) is 7.93. The summed E-state index contributed by atoms with van der Waals surface area (Å²) in [5.74, 6) is 1.64. The molecule has 132 valence electrons. The van der Waals surface area contributed by atoms with Crippen LogP contribution >= 0.6 is 12.2 Å². The monoisotopic (exact) mass is 354 g/mol. The average molecular weight is 355 g/mol. The first-order chi connectivity index (χ1) is 12.2. The van der Waals surface area contributed by atoms with Gasteiger partial charge in [0.1, 0.15) is 0 Å². The number of nitrogens with one attached hydrogen (secondary N) is 2. The van der Waals surface area contributed by atoms with Gasteiger partial charge < -0.3 is 4.90 Å². The number of hydrogen-bond acceptors (Lipinski definition) is 3. The molecule has 2 N–H and O–H groups in total. The zero-order chi connectivity index (χ0) is 17.2. The van der Waals surface area contributed by atoms with Crippen molar-refractivity contribution >= 4 is 28.1 Å². The van der Waals surface area contributed by atoms with Crippen molar-refractivity contribution in [3.8, 4) is 0 Å². The van der Waals surface area contributed by atoms with Crippen molar-refractivity contribution in [2.24, 2.45) is 11.8 Å². The zero-order valence-corrected chi connectivity index (χ0v) is 15.6. The van der Waals surface area contributed by atoms with Gasteiger partial charge in [0.2, 0.25) is 0 Å². The zero-order valence-electron chi connectivity index (χ0n) is 14.7. The standard InChI is InChI=1S/C20H26N4S/c1-14(19-10-17-4-2-3-5-18(17)11-21-19)22-23-20(25)24-12-15-6-7-16(13-24)9-8-15/h2-5,10-11,14-16,22H,6-9,12-13H2,1H3,(H,23,25)/t14-,15?,16?/m1/s1. The molecule has 1 aromatic heterocycles. The summed E-state index contributed by atoms with van der Waals surface area (Å²) in [4.78, 5) is 6.95. The molecule has 5 heteroatoms. The van der Waals surface area contributed by atoms with Crippen LogP contribution in [0, 0.1) is 11.8 Å². The molecule has 3 heterocycles. The molecule has 0 spiro atoms. The summed E-state index contributed by atoms with van der Waals surface area (Å²) in [6.45, 7) is 4.32. The quantitative estimate of drug-likeness (QED) is 0.648. The highest BCUT2D eigenvalue weighted by Gasteiger charge is 2.30. The SMILES string of the molecule is C[C@@H](NNC(=S)N1CC2CCC(CC2)C1)c1cc2ccccc2cn1. The first-order valence-electron chi connectivity index (χ1n) is 9.34. The van der Waals surface area contributed by atoms with Gasteiger partial charge in [0, 0.05) is 24.7 Å². The topological polar surface area (TPSA) is 40.2 Å². The van der Waals surface area contributed by atoms with Gasteiger partial charge >= 0.3 is 0 Å². The minimum atomic E-state index is 0.0891. The number of rotatable bonds is 3. The van der Waals surface area contributed by atoms with Crippen molar-refractivity contribution in [1.82, 2.24) is 20.7 Å². The molecule has 0 unspecified atom stereocenters. The van der Waals surface area contributed by atoms with Crippen LogP contribution in [-0.4, -0.2) is 28.1 Å². The Morgan fingerprint density at radius 1 is 1.12 bits per heavy atom. The lowest BCUT2D eigenvalue weighted by Gasteiger charge is -2.27. The van der Waals surface area contributed by atoms with Crippen LogP contribution in [0.15, 0.2) is 36.5 Å². The summed E-state index contributed by atoms with van der Waals surface area (Å²) < 4.78 is 0. The van der Waals surface area contributed by atoms with Crippen molar-refractivity contribution in [2.45, 2.75) is 38.6 Å². The molecule has 0 amide bonds. The Labute approximate surface area is 155 Å². The maximum absolute atomic E-state index is 5.65. The fourth-order valence-electron chi connectivity index (χ4n) is 4.12. The number of fused-ring (bicyclic) bond motifs is 5. The van der Waals surface area contributed by atoms with Gasteiger partial charge in [-0.15, -0.1) is 0 Å². The fourth-order valence-corrected chi connectivity index (χ4v) is 4.33. The number of nitrogens with zero attached hydrogens (tertiary/aromatic N) is 2. The Morgan fingerprint density at radius 3 is 2.44 bits per heavy atom. The highest BCUT2D eigenvalue weighted by atomic mass is 32.1. The molecule has 2 aliphatic heterocycles. The van der Waals surface area contributed by atoms with Gasteiger partial charge in [-0.2, -0.15) is 0 Å². The van der Waals surface area contributed by atoms with Crippen LogP contribution < -0.4 is 10.9 Å². The molecule has 4 nitrogen and oxygen atoms in total. The van der Waals surface area contributed by atoms with Gasteiger partial charge in [0.05, 0.1) is 11.7 Å². The summed E-state index contributed by atoms with van der Waals surface area (Å²) in [6.07, 6.45) is 7.42. The van der Waals surface area contributed by atoms with E-state index >= 15 is 0 Å². The minimum Gasteiger partial charge on any atom is -0.348 e. The molecule has 1 aliphatic carbocycles. The Morgan fingerprint density at radius 2 is 1.76 bits per heavy atom. The molecule has 1 saturated carbocycles. The van der Waals surface area contributed by atoms with Gasteiger partial charge in [0.15, 0.2) is 5.11 Å². The van der Waals surface area contributed by atoms with Gasteiger partial charge in [0.25, 0.3) is 0 Å². The first kappa shape index (κ1) is 16.7. The molecule has 5 rings (SSSR count). The van der Waals surface area contributed by atoms with Crippen LogP contribution in [0.25, 0.3) is 10.8 Å². The third kappa shape index (κ3) is 3.77. The van der Waals surface area contributed by atoms with Crippen molar-refractivity contribution in [3.63, 3.8) is 0 Å². The molecule has 2 saturated heterocycles. The van der Waals surface area contributed by atoms with E-state index in [4.69, 9.17) is 12.2 Å². The second kappa shape index (κ2) is 7.26. The van der Waals surface area contributed by atoms with Crippen LogP contribution in [0.2, 0.25) is 0 Å². The Hall–Kier alpha value is -1.72. The predicted molar refractivity (Wildman–Crippen MR) is 106 cm³/mol. The van der Waals surface area contributed by atoms with Gasteiger partial charge in [-0.3, -0.25) is 10.4 Å². The van der Waals surface area contributed by atoms with Crippen molar-refractivity contribution in [3.05, 3.63) is 42.2 Å². The van der Waals surface area contributed by atoms with E-state index < -0.39 is 0 Å². The normalized spacial score (nSPS) is 24.1. The maximum atomic E-state index is 5.65. The second-order valence-electron chi connectivity index (χ2n) is 7.54. The largest absolute Gasteiger partial charge is 0.348 e. The minimum absolute atomic E-state index is 0.0891. The van der Waals surface area contributed by atoms with E-state index in [-0.39, 0.29) is 6.04 Å². The van der Waals surface area contributed by atoms with Gasteiger partial charge in [-0.05, 0) is 68.1 Å². The maximum Gasteiger partial charge on any atom is 0.183 e. The lowest BCUT2D eigenvalue weighted by molar-refractivity contribution is 0.326. The fraction of sp³-hybridized carbons (Fsp3) is 0.500. The number of pyridine rings is 1. The highest BCUT2D eigenvalue weighted by molar-refractivity contribution is 7.80. The molecule has 1 aromatic carbocycles. The van der Waals surface area contributed by atoms with Gasteiger partial charge in [-0.25, -0.2) is 5.43 Å². The van der Waals surface area contributed by atoms with E-state index in [1.807, 2.05) is 12.3 Å². The number of benzene rings is 1. The van der Waals surface area contributed by atoms with E-state index in [9.17, 15) is 0 Å². The lowest BCUT2D eigenvalue weighted by atomic mass is 9.84. The number of hydrazine groups is 1. The summed E-state index contributed by atoms with van der Waals surface area (Å²) in [6, 6.07) is 10.5. The number of thiocarbonyl (C=S) groups is 1. The summed E-state index contributed by atoms with van der Waals surface area (Å²) in [5.41, 5.74) is 7.62. The summed E-state index contributed by atoms with van der Waals surface area (Å²) in [5, 5.41) is 3.21. The van der Waals surface area contributed by atoms with Crippen LogP contribution in [-0.2, 0) is 0 Å². The number of hydrogen-bond donors (Lipinski definition) is 2. The van der Waals surface area contributed by atoms with E-state index in [1.165, 1.54) is 36.5 Å². The molecule has 3 aliphatic rings. The number of aromatic nitrogens is 1.